The molecule has 1 saturated heterocycles. The van der Waals surface area contributed by atoms with Gasteiger partial charge in [0.1, 0.15) is 0 Å². The summed E-state index contributed by atoms with van der Waals surface area (Å²) in [4.78, 5) is 6.65. The Labute approximate surface area is 126 Å². The van der Waals surface area contributed by atoms with Gasteiger partial charge in [-0.3, -0.25) is 4.90 Å². The summed E-state index contributed by atoms with van der Waals surface area (Å²) < 4.78 is 2.02. The minimum atomic E-state index is 0.637. The minimum Gasteiger partial charge on any atom is -0.311 e. The van der Waals surface area contributed by atoms with Gasteiger partial charge in [0.25, 0.3) is 0 Å². The van der Waals surface area contributed by atoms with Gasteiger partial charge in [-0.1, -0.05) is 12.1 Å². The Morgan fingerprint density at radius 1 is 1.19 bits per heavy atom. The van der Waals surface area contributed by atoms with E-state index >= 15 is 0 Å². The van der Waals surface area contributed by atoms with E-state index in [1.54, 1.807) is 6.20 Å². The molecule has 0 bridgehead atoms. The van der Waals surface area contributed by atoms with Gasteiger partial charge in [0, 0.05) is 37.2 Å². The number of likely N-dealkylation sites (tertiary alicyclic amines) is 1. The standard InChI is InChI=1S/C17H24N4/c1-15(20-9-2-3-10-20)12-19-13-16-4-6-17(7-5-16)21-11-8-18-14-21/h4-8,11,14-15,19H,2-3,9-10,12-13H2,1H3. The minimum absolute atomic E-state index is 0.637. The van der Waals surface area contributed by atoms with E-state index in [0.717, 1.165) is 18.8 Å². The van der Waals surface area contributed by atoms with Crippen LogP contribution in [0.1, 0.15) is 25.3 Å². The van der Waals surface area contributed by atoms with Gasteiger partial charge in [0.2, 0.25) is 0 Å². The lowest BCUT2D eigenvalue weighted by molar-refractivity contribution is 0.251. The number of benzene rings is 1. The highest BCUT2D eigenvalue weighted by Crippen LogP contribution is 2.11. The average molecular weight is 284 g/mol. The molecular weight excluding hydrogens is 260 g/mol. The molecule has 21 heavy (non-hydrogen) atoms. The Morgan fingerprint density at radius 3 is 2.62 bits per heavy atom. The van der Waals surface area contributed by atoms with Crippen LogP contribution in [0.25, 0.3) is 5.69 Å². The Bertz CT molecular complexity index is 526. The lowest BCUT2D eigenvalue weighted by atomic mass is 10.2. The predicted molar refractivity (Wildman–Crippen MR) is 85.5 cm³/mol. The third kappa shape index (κ3) is 3.71. The second-order valence-electron chi connectivity index (χ2n) is 5.86. The van der Waals surface area contributed by atoms with Crippen LogP contribution in [0.5, 0.6) is 0 Å². The molecule has 1 atom stereocenters. The van der Waals surface area contributed by atoms with Gasteiger partial charge in [-0.25, -0.2) is 4.98 Å². The van der Waals surface area contributed by atoms with E-state index in [4.69, 9.17) is 0 Å². The second-order valence-corrected chi connectivity index (χ2v) is 5.86. The molecule has 0 amide bonds. The summed E-state index contributed by atoms with van der Waals surface area (Å²) in [7, 11) is 0. The fourth-order valence-corrected chi connectivity index (χ4v) is 2.93. The van der Waals surface area contributed by atoms with E-state index in [1.807, 2.05) is 17.1 Å². The molecule has 3 rings (SSSR count). The molecule has 1 aliphatic heterocycles. The Hall–Kier alpha value is -1.65. The average Bonchev–Trinajstić information content (AvgIpc) is 3.21. The highest BCUT2D eigenvalue weighted by molar-refractivity contribution is 5.34. The zero-order valence-corrected chi connectivity index (χ0v) is 12.7. The number of nitrogens with zero attached hydrogens (tertiary/aromatic N) is 3. The van der Waals surface area contributed by atoms with Gasteiger partial charge in [-0.2, -0.15) is 0 Å². The van der Waals surface area contributed by atoms with E-state index < -0.39 is 0 Å². The van der Waals surface area contributed by atoms with E-state index in [9.17, 15) is 0 Å². The molecule has 2 aromatic rings. The highest BCUT2D eigenvalue weighted by atomic mass is 15.2. The quantitative estimate of drug-likeness (QED) is 0.884. The number of nitrogens with one attached hydrogen (secondary N) is 1. The van der Waals surface area contributed by atoms with Crippen molar-refractivity contribution in [1.29, 1.82) is 0 Å². The molecular formula is C17H24N4. The van der Waals surface area contributed by atoms with Crippen molar-refractivity contribution in [2.24, 2.45) is 0 Å². The topological polar surface area (TPSA) is 33.1 Å². The van der Waals surface area contributed by atoms with Crippen LogP contribution >= 0.6 is 0 Å². The lowest BCUT2D eigenvalue weighted by Gasteiger charge is -2.24. The fourth-order valence-electron chi connectivity index (χ4n) is 2.93. The number of rotatable bonds is 6. The molecule has 2 heterocycles. The van der Waals surface area contributed by atoms with Crippen molar-refractivity contribution < 1.29 is 0 Å². The van der Waals surface area contributed by atoms with E-state index in [1.165, 1.54) is 31.5 Å². The van der Waals surface area contributed by atoms with Gasteiger partial charge < -0.3 is 9.88 Å². The molecule has 1 aromatic heterocycles. The predicted octanol–water partition coefficient (Wildman–Crippen LogP) is 2.45. The van der Waals surface area contributed by atoms with Crippen molar-refractivity contribution in [2.75, 3.05) is 19.6 Å². The van der Waals surface area contributed by atoms with Gasteiger partial charge in [-0.05, 0) is 50.6 Å². The van der Waals surface area contributed by atoms with Gasteiger partial charge >= 0.3 is 0 Å². The van der Waals surface area contributed by atoms with E-state index in [0.29, 0.717) is 6.04 Å². The first-order valence-corrected chi connectivity index (χ1v) is 7.85. The SMILES string of the molecule is CC(CNCc1ccc(-n2ccnc2)cc1)N1CCCC1. The highest BCUT2D eigenvalue weighted by Gasteiger charge is 2.17. The van der Waals surface area contributed by atoms with Crippen molar-refractivity contribution in [3.63, 3.8) is 0 Å². The molecule has 0 radical (unpaired) electrons. The van der Waals surface area contributed by atoms with Crippen LogP contribution in [0.3, 0.4) is 0 Å². The summed E-state index contributed by atoms with van der Waals surface area (Å²) in [5.41, 5.74) is 2.48. The summed E-state index contributed by atoms with van der Waals surface area (Å²) in [5.74, 6) is 0. The number of aromatic nitrogens is 2. The van der Waals surface area contributed by atoms with E-state index in [-0.39, 0.29) is 0 Å². The maximum atomic E-state index is 4.07. The van der Waals surface area contributed by atoms with E-state index in [2.05, 4.69) is 46.4 Å². The maximum absolute atomic E-state index is 4.07. The summed E-state index contributed by atoms with van der Waals surface area (Å²) in [6.45, 7) is 6.84. The zero-order chi connectivity index (χ0) is 14.5. The molecule has 1 unspecified atom stereocenters. The first-order chi connectivity index (χ1) is 10.3. The van der Waals surface area contributed by atoms with Crippen molar-refractivity contribution in [3.8, 4) is 5.69 Å². The van der Waals surface area contributed by atoms with Crippen LogP contribution in [-0.4, -0.2) is 40.1 Å². The first kappa shape index (κ1) is 14.3. The Balaban J connectivity index is 1.47. The number of imidazole rings is 1. The van der Waals surface area contributed by atoms with Crippen molar-refractivity contribution in [2.45, 2.75) is 32.4 Å². The number of hydrogen-bond acceptors (Lipinski definition) is 3. The Kier molecular flexibility index (Phi) is 4.68. The zero-order valence-electron chi connectivity index (χ0n) is 12.7. The lowest BCUT2D eigenvalue weighted by Crippen LogP contribution is -2.38. The Morgan fingerprint density at radius 2 is 1.95 bits per heavy atom. The fraction of sp³-hybridized carbons (Fsp3) is 0.471. The molecule has 1 aromatic carbocycles. The summed E-state index contributed by atoms with van der Waals surface area (Å²) in [6, 6.07) is 9.29. The maximum Gasteiger partial charge on any atom is 0.0991 e. The molecule has 1 aliphatic rings. The van der Waals surface area contributed by atoms with Crippen LogP contribution in [0.2, 0.25) is 0 Å². The van der Waals surface area contributed by atoms with Gasteiger partial charge in [0.05, 0.1) is 6.33 Å². The summed E-state index contributed by atoms with van der Waals surface area (Å²) in [6.07, 6.45) is 8.31. The second kappa shape index (κ2) is 6.87. The number of hydrogen-bond donors (Lipinski definition) is 1. The molecule has 0 aliphatic carbocycles. The van der Waals surface area contributed by atoms with Crippen molar-refractivity contribution >= 4 is 0 Å². The van der Waals surface area contributed by atoms with Crippen LogP contribution in [0.15, 0.2) is 43.0 Å². The molecule has 0 saturated carbocycles. The van der Waals surface area contributed by atoms with Crippen LogP contribution in [0, 0.1) is 0 Å². The third-order valence-corrected chi connectivity index (χ3v) is 4.27. The molecule has 4 heteroatoms. The monoisotopic (exact) mass is 284 g/mol. The third-order valence-electron chi connectivity index (χ3n) is 4.27. The summed E-state index contributed by atoms with van der Waals surface area (Å²) >= 11 is 0. The van der Waals surface area contributed by atoms with Crippen LogP contribution in [-0.2, 0) is 6.54 Å². The largest absolute Gasteiger partial charge is 0.311 e. The van der Waals surface area contributed by atoms with Crippen LogP contribution < -0.4 is 5.32 Å². The van der Waals surface area contributed by atoms with Gasteiger partial charge in [0.15, 0.2) is 0 Å². The normalized spacial score (nSPS) is 17.2. The van der Waals surface area contributed by atoms with Crippen LogP contribution in [0.4, 0.5) is 0 Å². The van der Waals surface area contributed by atoms with Crippen molar-refractivity contribution in [3.05, 3.63) is 48.5 Å². The molecule has 1 N–H and O–H groups in total. The molecule has 0 spiro atoms. The van der Waals surface area contributed by atoms with Crippen molar-refractivity contribution in [1.82, 2.24) is 19.8 Å². The smallest absolute Gasteiger partial charge is 0.0991 e. The molecule has 4 nitrogen and oxygen atoms in total. The molecule has 1 fully saturated rings. The molecule has 112 valence electrons. The first-order valence-electron chi connectivity index (χ1n) is 7.85. The van der Waals surface area contributed by atoms with Gasteiger partial charge in [-0.15, -0.1) is 0 Å². The summed E-state index contributed by atoms with van der Waals surface area (Å²) in [5, 5.41) is 3.57.